The minimum absolute atomic E-state index is 0.0109. The van der Waals surface area contributed by atoms with E-state index in [0.717, 1.165) is 0 Å². The number of carbonyl (C=O) groups is 1. The summed E-state index contributed by atoms with van der Waals surface area (Å²) in [4.78, 5) is 14.1. The topological polar surface area (TPSA) is 49.8 Å². The Morgan fingerprint density at radius 3 is 2.95 bits per heavy atom. The molecule has 1 aromatic carbocycles. The molecule has 0 spiro atoms. The molecule has 1 saturated heterocycles. The van der Waals surface area contributed by atoms with Gasteiger partial charge >= 0.3 is 0 Å². The Morgan fingerprint density at radius 1 is 1.50 bits per heavy atom. The normalized spacial score (nSPS) is 22.9. The van der Waals surface area contributed by atoms with Crippen LogP contribution in [0.4, 0.5) is 0 Å². The van der Waals surface area contributed by atoms with Gasteiger partial charge in [-0.05, 0) is 18.6 Å². The van der Waals surface area contributed by atoms with Crippen molar-refractivity contribution in [3.8, 4) is 0 Å². The third-order valence-corrected chi connectivity index (χ3v) is 4.26. The van der Waals surface area contributed by atoms with Crippen LogP contribution in [0.15, 0.2) is 18.2 Å². The smallest absolute Gasteiger partial charge is 0.227 e. The summed E-state index contributed by atoms with van der Waals surface area (Å²) in [5, 5.41) is 10.0. The molecule has 2 atom stereocenters. The molecule has 0 saturated carbocycles. The lowest BCUT2D eigenvalue weighted by Gasteiger charge is -2.37. The first-order valence-corrected chi connectivity index (χ1v) is 7.23. The van der Waals surface area contributed by atoms with Crippen molar-refractivity contribution in [2.24, 2.45) is 0 Å². The fraction of sp³-hybridized carbons (Fsp3) is 0.500. The van der Waals surface area contributed by atoms with Gasteiger partial charge in [0.25, 0.3) is 0 Å². The van der Waals surface area contributed by atoms with E-state index in [9.17, 15) is 4.79 Å². The number of rotatable bonds is 3. The van der Waals surface area contributed by atoms with E-state index >= 15 is 0 Å². The number of halogens is 2. The Balaban J connectivity index is 2.09. The van der Waals surface area contributed by atoms with Crippen LogP contribution in [-0.4, -0.2) is 47.8 Å². The Bertz CT molecular complexity index is 495. The molecule has 0 bridgehead atoms. The first kappa shape index (κ1) is 15.6. The molecule has 2 unspecified atom stereocenters. The molecular formula is C14H17Cl2NO3. The Hall–Kier alpha value is -0.810. The van der Waals surface area contributed by atoms with E-state index in [1.165, 1.54) is 0 Å². The fourth-order valence-corrected chi connectivity index (χ4v) is 2.61. The number of amides is 1. The molecule has 20 heavy (non-hydrogen) atoms. The molecule has 1 heterocycles. The SMILES string of the molecule is CC1COC(CO)CN1C(=O)Cc1cccc(Cl)c1Cl. The summed E-state index contributed by atoms with van der Waals surface area (Å²) in [5.41, 5.74) is 0.711. The number of ether oxygens (including phenoxy) is 1. The van der Waals surface area contributed by atoms with Crippen LogP contribution < -0.4 is 0 Å². The molecule has 0 aliphatic carbocycles. The van der Waals surface area contributed by atoms with Crippen molar-refractivity contribution in [2.45, 2.75) is 25.5 Å². The van der Waals surface area contributed by atoms with Crippen molar-refractivity contribution in [2.75, 3.05) is 19.8 Å². The molecule has 1 fully saturated rings. The second-order valence-corrected chi connectivity index (χ2v) is 5.71. The van der Waals surface area contributed by atoms with E-state index in [4.69, 9.17) is 33.0 Å². The molecule has 1 amide bonds. The standard InChI is InChI=1S/C14H17Cl2NO3/c1-9-8-20-11(7-18)6-17(9)13(19)5-10-3-2-4-12(15)14(10)16/h2-4,9,11,18H,5-8H2,1H3. The van der Waals surface area contributed by atoms with Crippen molar-refractivity contribution in [3.63, 3.8) is 0 Å². The van der Waals surface area contributed by atoms with Crippen molar-refractivity contribution in [1.29, 1.82) is 0 Å². The largest absolute Gasteiger partial charge is 0.394 e. The lowest BCUT2D eigenvalue weighted by atomic mass is 10.1. The van der Waals surface area contributed by atoms with Gasteiger partial charge in [-0.1, -0.05) is 35.3 Å². The highest BCUT2D eigenvalue weighted by Gasteiger charge is 2.29. The molecule has 2 rings (SSSR count). The number of carbonyl (C=O) groups excluding carboxylic acids is 1. The van der Waals surface area contributed by atoms with Crippen molar-refractivity contribution < 1.29 is 14.6 Å². The fourth-order valence-electron chi connectivity index (χ4n) is 2.22. The highest BCUT2D eigenvalue weighted by molar-refractivity contribution is 6.42. The quantitative estimate of drug-likeness (QED) is 0.929. The van der Waals surface area contributed by atoms with Gasteiger partial charge in [0.05, 0.1) is 41.8 Å². The predicted octanol–water partition coefficient (Wildman–Crippen LogP) is 2.14. The van der Waals surface area contributed by atoms with E-state index in [2.05, 4.69) is 0 Å². The van der Waals surface area contributed by atoms with Crippen molar-refractivity contribution in [1.82, 2.24) is 4.90 Å². The zero-order chi connectivity index (χ0) is 14.7. The maximum atomic E-state index is 12.4. The van der Waals surface area contributed by atoms with Crippen LogP contribution in [0, 0.1) is 0 Å². The maximum Gasteiger partial charge on any atom is 0.227 e. The van der Waals surface area contributed by atoms with E-state index in [1.54, 1.807) is 23.1 Å². The summed E-state index contributed by atoms with van der Waals surface area (Å²) in [5.74, 6) is -0.0385. The predicted molar refractivity (Wildman–Crippen MR) is 78.2 cm³/mol. The van der Waals surface area contributed by atoms with Crippen LogP contribution in [0.25, 0.3) is 0 Å². The van der Waals surface area contributed by atoms with Gasteiger partial charge in [0.1, 0.15) is 0 Å². The number of aliphatic hydroxyl groups is 1. The van der Waals surface area contributed by atoms with Gasteiger partial charge in [0.15, 0.2) is 0 Å². The van der Waals surface area contributed by atoms with Gasteiger partial charge in [-0.3, -0.25) is 4.79 Å². The summed E-state index contributed by atoms with van der Waals surface area (Å²) in [6.45, 7) is 2.66. The first-order valence-electron chi connectivity index (χ1n) is 6.47. The van der Waals surface area contributed by atoms with Crippen molar-refractivity contribution >= 4 is 29.1 Å². The number of morpholine rings is 1. The molecule has 0 aromatic heterocycles. The second kappa shape index (κ2) is 6.76. The van der Waals surface area contributed by atoms with Crippen LogP contribution in [0.5, 0.6) is 0 Å². The number of benzene rings is 1. The highest BCUT2D eigenvalue weighted by atomic mass is 35.5. The zero-order valence-corrected chi connectivity index (χ0v) is 12.7. The summed E-state index contributed by atoms with van der Waals surface area (Å²) in [7, 11) is 0. The Kier molecular flexibility index (Phi) is 5.27. The minimum Gasteiger partial charge on any atom is -0.394 e. The van der Waals surface area contributed by atoms with Gasteiger partial charge < -0.3 is 14.7 Å². The number of nitrogens with zero attached hydrogens (tertiary/aromatic N) is 1. The molecular weight excluding hydrogens is 301 g/mol. The van der Waals surface area contributed by atoms with E-state index in [0.29, 0.717) is 28.8 Å². The van der Waals surface area contributed by atoms with Gasteiger partial charge in [0, 0.05) is 6.54 Å². The van der Waals surface area contributed by atoms with Crippen LogP contribution >= 0.6 is 23.2 Å². The molecule has 110 valence electrons. The maximum absolute atomic E-state index is 12.4. The highest BCUT2D eigenvalue weighted by Crippen LogP contribution is 2.26. The average molecular weight is 318 g/mol. The van der Waals surface area contributed by atoms with Crippen LogP contribution in [0.3, 0.4) is 0 Å². The summed E-state index contributed by atoms with van der Waals surface area (Å²) in [6, 6.07) is 5.25. The third-order valence-electron chi connectivity index (χ3n) is 3.40. The van der Waals surface area contributed by atoms with Gasteiger partial charge in [0.2, 0.25) is 5.91 Å². The van der Waals surface area contributed by atoms with Crippen LogP contribution in [-0.2, 0) is 16.0 Å². The first-order chi connectivity index (χ1) is 9.52. The molecule has 0 radical (unpaired) electrons. The molecule has 6 heteroatoms. The van der Waals surface area contributed by atoms with Crippen LogP contribution in [0.1, 0.15) is 12.5 Å². The van der Waals surface area contributed by atoms with E-state index in [-0.39, 0.29) is 31.1 Å². The van der Waals surface area contributed by atoms with E-state index < -0.39 is 0 Å². The molecule has 1 N–H and O–H groups in total. The van der Waals surface area contributed by atoms with Gasteiger partial charge in [-0.25, -0.2) is 0 Å². The second-order valence-electron chi connectivity index (χ2n) is 4.92. The van der Waals surface area contributed by atoms with Gasteiger partial charge in [-0.2, -0.15) is 0 Å². The zero-order valence-electron chi connectivity index (χ0n) is 11.2. The summed E-state index contributed by atoms with van der Waals surface area (Å²) >= 11 is 12.0. The number of aliphatic hydroxyl groups excluding tert-OH is 1. The lowest BCUT2D eigenvalue weighted by molar-refractivity contribution is -0.145. The van der Waals surface area contributed by atoms with E-state index in [1.807, 2.05) is 6.92 Å². The Labute approximate surface area is 128 Å². The Morgan fingerprint density at radius 2 is 2.25 bits per heavy atom. The third kappa shape index (κ3) is 3.44. The summed E-state index contributed by atoms with van der Waals surface area (Å²) in [6.07, 6.45) is -0.119. The molecule has 1 aliphatic heterocycles. The number of hydrogen-bond acceptors (Lipinski definition) is 3. The van der Waals surface area contributed by atoms with Crippen molar-refractivity contribution in [3.05, 3.63) is 33.8 Å². The molecule has 1 aromatic rings. The number of hydrogen-bond donors (Lipinski definition) is 1. The molecule has 1 aliphatic rings. The summed E-state index contributed by atoms with van der Waals surface area (Å²) < 4.78 is 5.42. The lowest BCUT2D eigenvalue weighted by Crippen LogP contribution is -2.52. The average Bonchev–Trinajstić information content (AvgIpc) is 2.44. The monoisotopic (exact) mass is 317 g/mol. The van der Waals surface area contributed by atoms with Gasteiger partial charge in [-0.15, -0.1) is 0 Å². The minimum atomic E-state index is -0.315. The van der Waals surface area contributed by atoms with Crippen LogP contribution in [0.2, 0.25) is 10.0 Å². The molecule has 4 nitrogen and oxygen atoms in total.